The number of hydrogen-bond acceptors (Lipinski definition) is 1. The maximum atomic E-state index is 12.9. The van der Waals surface area contributed by atoms with Gasteiger partial charge in [-0.1, -0.05) is 62.9 Å². The van der Waals surface area contributed by atoms with E-state index in [2.05, 4.69) is 59.4 Å². The van der Waals surface area contributed by atoms with Crippen LogP contribution >= 0.6 is 0 Å². The number of carbonyl (C=O) groups excluding carboxylic acids is 1. The third-order valence-corrected chi connectivity index (χ3v) is 5.47. The van der Waals surface area contributed by atoms with E-state index in [1.54, 1.807) is 0 Å². The monoisotopic (exact) mass is 367 g/mol. The summed E-state index contributed by atoms with van der Waals surface area (Å²) in [5, 5.41) is 3.29. The maximum absolute atomic E-state index is 12.9. The van der Waals surface area contributed by atoms with E-state index < -0.39 is 0 Å². The van der Waals surface area contributed by atoms with E-state index >= 15 is 0 Å². The van der Waals surface area contributed by atoms with E-state index in [0.717, 1.165) is 38.8 Å². The molecule has 4 heteroatoms. The molecule has 1 aromatic carbocycles. The molecule has 4 nitrogen and oxygen atoms in total. The van der Waals surface area contributed by atoms with E-state index in [1.807, 2.05) is 11.0 Å². The van der Waals surface area contributed by atoms with Crippen molar-refractivity contribution < 1.29 is 4.79 Å². The molecule has 1 saturated carbocycles. The molecular weight excluding hydrogens is 334 g/mol. The van der Waals surface area contributed by atoms with Gasteiger partial charge in [-0.25, -0.2) is 4.79 Å². The Morgan fingerprint density at radius 1 is 1.11 bits per heavy atom. The van der Waals surface area contributed by atoms with Gasteiger partial charge in [-0.2, -0.15) is 0 Å². The highest BCUT2D eigenvalue weighted by atomic mass is 16.2. The molecule has 0 aliphatic heterocycles. The van der Waals surface area contributed by atoms with Crippen LogP contribution in [0.4, 0.5) is 4.79 Å². The number of rotatable bonds is 8. The topological polar surface area (TPSA) is 37.3 Å². The Hall–Kier alpha value is -2.23. The summed E-state index contributed by atoms with van der Waals surface area (Å²) in [6, 6.07) is 15.2. The van der Waals surface area contributed by atoms with Gasteiger partial charge in [-0.3, -0.25) is 0 Å². The fourth-order valence-corrected chi connectivity index (χ4v) is 3.84. The molecule has 1 N–H and O–H groups in total. The van der Waals surface area contributed by atoms with Crippen LogP contribution in [0, 0.1) is 0 Å². The molecule has 146 valence electrons. The molecule has 2 aromatic rings. The van der Waals surface area contributed by atoms with Crippen molar-refractivity contribution in [3.63, 3.8) is 0 Å². The minimum absolute atomic E-state index is 0.0998. The molecular formula is C23H33N3O. The molecule has 3 rings (SSSR count). The van der Waals surface area contributed by atoms with Crippen LogP contribution in [0.15, 0.2) is 48.7 Å². The van der Waals surface area contributed by atoms with Crippen molar-refractivity contribution in [3.8, 4) is 0 Å². The van der Waals surface area contributed by atoms with Crippen molar-refractivity contribution in [2.45, 2.75) is 71.0 Å². The first kappa shape index (κ1) is 19.5. The lowest BCUT2D eigenvalue weighted by Gasteiger charge is -2.29. The summed E-state index contributed by atoms with van der Waals surface area (Å²) in [5.74, 6) is 0. The van der Waals surface area contributed by atoms with Gasteiger partial charge >= 0.3 is 6.03 Å². The molecule has 1 heterocycles. The van der Waals surface area contributed by atoms with Crippen LogP contribution in [0.5, 0.6) is 0 Å². The van der Waals surface area contributed by atoms with Gasteiger partial charge in [0.25, 0.3) is 0 Å². The number of carbonyl (C=O) groups is 1. The standard InChI is InChI=1S/C23H33N3O/c1-2-3-16-26(23(27)24-21-13-8-5-9-14-21)19-22-15-10-17-25(22)18-20-11-6-4-7-12-20/h4,6-7,10-12,15,17,21H,2-3,5,8-9,13-14,16,18-19H2,1H3,(H,24,27). The molecule has 0 radical (unpaired) electrons. The highest BCUT2D eigenvalue weighted by Gasteiger charge is 2.20. The predicted molar refractivity (Wildman–Crippen MR) is 111 cm³/mol. The van der Waals surface area contributed by atoms with Gasteiger partial charge < -0.3 is 14.8 Å². The summed E-state index contributed by atoms with van der Waals surface area (Å²) in [4.78, 5) is 14.9. The third-order valence-electron chi connectivity index (χ3n) is 5.47. The zero-order valence-electron chi connectivity index (χ0n) is 16.6. The molecule has 0 unspecified atom stereocenters. The smallest absolute Gasteiger partial charge is 0.317 e. The largest absolute Gasteiger partial charge is 0.345 e. The molecule has 0 saturated heterocycles. The lowest BCUT2D eigenvalue weighted by molar-refractivity contribution is 0.185. The van der Waals surface area contributed by atoms with Gasteiger partial charge in [0, 0.05) is 31.0 Å². The second-order valence-corrected chi connectivity index (χ2v) is 7.67. The first-order valence-corrected chi connectivity index (χ1v) is 10.5. The van der Waals surface area contributed by atoms with Gasteiger partial charge in [0.15, 0.2) is 0 Å². The minimum atomic E-state index is 0.0998. The van der Waals surface area contributed by atoms with Crippen LogP contribution in [-0.4, -0.2) is 28.1 Å². The molecule has 1 aromatic heterocycles. The summed E-state index contributed by atoms with van der Waals surface area (Å²) < 4.78 is 2.25. The molecule has 0 spiro atoms. The zero-order valence-corrected chi connectivity index (χ0v) is 16.6. The molecule has 1 aliphatic carbocycles. The van der Waals surface area contributed by atoms with Crippen LogP contribution in [0.25, 0.3) is 0 Å². The number of amides is 2. The Kier molecular flexibility index (Phi) is 7.37. The molecule has 1 fully saturated rings. The minimum Gasteiger partial charge on any atom is -0.345 e. The average molecular weight is 368 g/mol. The van der Waals surface area contributed by atoms with Crippen molar-refractivity contribution in [2.75, 3.05) is 6.54 Å². The van der Waals surface area contributed by atoms with E-state index in [9.17, 15) is 4.79 Å². The predicted octanol–water partition coefficient (Wildman–Crippen LogP) is 5.18. The van der Waals surface area contributed by atoms with Crippen molar-refractivity contribution in [2.24, 2.45) is 0 Å². The van der Waals surface area contributed by atoms with E-state index in [0.29, 0.717) is 12.6 Å². The zero-order chi connectivity index (χ0) is 18.9. The van der Waals surface area contributed by atoms with E-state index in [-0.39, 0.29) is 6.03 Å². The maximum Gasteiger partial charge on any atom is 0.317 e. The quantitative estimate of drug-likeness (QED) is 0.686. The highest BCUT2D eigenvalue weighted by Crippen LogP contribution is 2.18. The number of benzene rings is 1. The second-order valence-electron chi connectivity index (χ2n) is 7.67. The normalized spacial score (nSPS) is 14.9. The SMILES string of the molecule is CCCCN(Cc1cccn1Cc1ccccc1)C(=O)NC1CCCCC1. The Morgan fingerprint density at radius 2 is 1.89 bits per heavy atom. The van der Waals surface area contributed by atoms with Crippen LogP contribution in [0.1, 0.15) is 63.1 Å². The fraction of sp³-hybridized carbons (Fsp3) is 0.522. The summed E-state index contributed by atoms with van der Waals surface area (Å²) in [7, 11) is 0. The summed E-state index contributed by atoms with van der Waals surface area (Å²) in [6.45, 7) is 4.49. The number of nitrogens with one attached hydrogen (secondary N) is 1. The summed E-state index contributed by atoms with van der Waals surface area (Å²) in [5.41, 5.74) is 2.47. The van der Waals surface area contributed by atoms with Gasteiger partial charge in [0.05, 0.1) is 6.54 Å². The number of urea groups is 1. The van der Waals surface area contributed by atoms with Crippen molar-refractivity contribution in [1.29, 1.82) is 0 Å². The van der Waals surface area contributed by atoms with Gasteiger partial charge in [0.1, 0.15) is 0 Å². The van der Waals surface area contributed by atoms with Crippen LogP contribution < -0.4 is 5.32 Å². The Morgan fingerprint density at radius 3 is 2.63 bits per heavy atom. The highest BCUT2D eigenvalue weighted by molar-refractivity contribution is 5.74. The van der Waals surface area contributed by atoms with Crippen LogP contribution in [0.3, 0.4) is 0 Å². The van der Waals surface area contributed by atoms with Crippen molar-refractivity contribution >= 4 is 6.03 Å². The van der Waals surface area contributed by atoms with Gasteiger partial charge in [-0.05, 0) is 37.0 Å². The number of aromatic nitrogens is 1. The molecule has 2 amide bonds. The summed E-state index contributed by atoms with van der Waals surface area (Å²) >= 11 is 0. The number of nitrogens with zero attached hydrogens (tertiary/aromatic N) is 2. The third kappa shape index (κ3) is 5.88. The van der Waals surface area contributed by atoms with Crippen LogP contribution in [0.2, 0.25) is 0 Å². The molecule has 0 bridgehead atoms. The number of hydrogen-bond donors (Lipinski definition) is 1. The number of unbranched alkanes of at least 4 members (excludes halogenated alkanes) is 1. The first-order valence-electron chi connectivity index (χ1n) is 10.5. The molecule has 27 heavy (non-hydrogen) atoms. The second kappa shape index (κ2) is 10.2. The Balaban J connectivity index is 1.65. The van der Waals surface area contributed by atoms with Gasteiger partial charge in [-0.15, -0.1) is 0 Å². The lowest BCUT2D eigenvalue weighted by atomic mass is 9.96. The van der Waals surface area contributed by atoms with Crippen LogP contribution in [-0.2, 0) is 13.1 Å². The van der Waals surface area contributed by atoms with Gasteiger partial charge in [0.2, 0.25) is 0 Å². The average Bonchev–Trinajstić information content (AvgIpc) is 3.13. The summed E-state index contributed by atoms with van der Waals surface area (Å²) in [6.07, 6.45) is 10.3. The lowest BCUT2D eigenvalue weighted by Crippen LogP contribution is -2.45. The van der Waals surface area contributed by atoms with Crippen molar-refractivity contribution in [1.82, 2.24) is 14.8 Å². The molecule has 0 atom stereocenters. The Labute approximate surface area is 163 Å². The van der Waals surface area contributed by atoms with Crippen molar-refractivity contribution in [3.05, 3.63) is 59.9 Å². The first-order chi connectivity index (χ1) is 13.3. The van der Waals surface area contributed by atoms with E-state index in [4.69, 9.17) is 0 Å². The molecule has 1 aliphatic rings. The Bertz CT molecular complexity index is 689. The van der Waals surface area contributed by atoms with E-state index in [1.165, 1.54) is 30.5 Å². The fourth-order valence-electron chi connectivity index (χ4n) is 3.84.